The Bertz CT molecular complexity index is 967. The van der Waals surface area contributed by atoms with E-state index in [0.717, 1.165) is 16.9 Å². The molecule has 3 aromatic rings. The van der Waals surface area contributed by atoms with Crippen LogP contribution in [0.5, 0.6) is 11.5 Å². The van der Waals surface area contributed by atoms with Gasteiger partial charge >= 0.3 is 0 Å². The number of oxazole rings is 1. The van der Waals surface area contributed by atoms with E-state index in [9.17, 15) is 0 Å². The molecule has 0 saturated heterocycles. The fraction of sp³-hybridized carbons (Fsp3) is 0.318. The van der Waals surface area contributed by atoms with Crippen LogP contribution in [0.3, 0.4) is 0 Å². The summed E-state index contributed by atoms with van der Waals surface area (Å²) in [6.07, 6.45) is 3.59. The molecular weight excluding hydrogens is 465 g/mol. The number of aromatic nitrogens is 1. The third-order valence-electron chi connectivity index (χ3n) is 4.71. The second-order valence-corrected chi connectivity index (χ2v) is 8.99. The fourth-order valence-electron chi connectivity index (χ4n) is 2.94. The van der Waals surface area contributed by atoms with Crippen molar-refractivity contribution in [1.82, 2.24) is 4.98 Å². The first-order valence-corrected chi connectivity index (χ1v) is 11.8. The molecule has 0 atom stereocenters. The first-order valence-electron chi connectivity index (χ1n) is 9.25. The molecule has 0 radical (unpaired) electrons. The van der Waals surface area contributed by atoms with Crippen LogP contribution < -0.4 is 9.47 Å². The molecule has 1 heterocycles. The van der Waals surface area contributed by atoms with Crippen molar-refractivity contribution in [2.45, 2.75) is 31.1 Å². The monoisotopic (exact) mass is 485 g/mol. The Morgan fingerprint density at radius 1 is 1.03 bits per heavy atom. The molecule has 0 aliphatic heterocycles. The number of alkyl halides is 1. The van der Waals surface area contributed by atoms with Gasteiger partial charge in [-0.3, -0.25) is 0 Å². The van der Waals surface area contributed by atoms with E-state index in [1.165, 1.54) is 11.8 Å². The number of halogens is 3. The maximum Gasteiger partial charge on any atom is 0.255 e. The maximum atomic E-state index is 6.41. The summed E-state index contributed by atoms with van der Waals surface area (Å²) in [5.41, 5.74) is 1.76. The van der Waals surface area contributed by atoms with Crippen LogP contribution in [0.15, 0.2) is 52.2 Å². The maximum absolute atomic E-state index is 6.41. The smallest absolute Gasteiger partial charge is 0.255 e. The van der Waals surface area contributed by atoms with Gasteiger partial charge in [-0.2, -0.15) is 0 Å². The summed E-state index contributed by atoms with van der Waals surface area (Å²) in [5, 5.41) is 1.56. The molecule has 0 fully saturated rings. The van der Waals surface area contributed by atoms with Crippen molar-refractivity contribution in [3.8, 4) is 11.5 Å². The van der Waals surface area contributed by atoms with Gasteiger partial charge in [0, 0.05) is 5.41 Å². The molecule has 0 unspecified atom stereocenters. The van der Waals surface area contributed by atoms with Crippen LogP contribution in [0.25, 0.3) is 0 Å². The van der Waals surface area contributed by atoms with E-state index >= 15 is 0 Å². The molecule has 0 bridgehead atoms. The summed E-state index contributed by atoms with van der Waals surface area (Å²) < 4.78 is 16.9. The van der Waals surface area contributed by atoms with E-state index < -0.39 is 0 Å². The molecule has 0 aliphatic carbocycles. The summed E-state index contributed by atoms with van der Waals surface area (Å²) in [5.74, 6) is 2.25. The standard InChI is InChI=1S/C22H22Cl3NO3S/c1-22(2,15-10-18(24)20(19(25)11-15)27-9-8-23)14-4-6-16(7-5-14)28-13-17-12-26-21(29-17)30-3/h4-7,10-12H,8-9,13H2,1-3H3. The lowest BCUT2D eigenvalue weighted by Gasteiger charge is -2.27. The summed E-state index contributed by atoms with van der Waals surface area (Å²) in [7, 11) is 0. The number of hydrogen-bond donors (Lipinski definition) is 0. The van der Waals surface area contributed by atoms with Crippen LogP contribution in [0.1, 0.15) is 30.7 Å². The lowest BCUT2D eigenvalue weighted by molar-refractivity contribution is 0.258. The van der Waals surface area contributed by atoms with E-state index in [1.54, 1.807) is 6.20 Å². The zero-order chi connectivity index (χ0) is 21.7. The van der Waals surface area contributed by atoms with Crippen molar-refractivity contribution in [2.75, 3.05) is 18.7 Å². The Morgan fingerprint density at radius 3 is 2.27 bits per heavy atom. The first-order chi connectivity index (χ1) is 14.3. The van der Waals surface area contributed by atoms with Gasteiger partial charge in [-0.25, -0.2) is 4.98 Å². The second-order valence-electron chi connectivity index (χ2n) is 7.04. The number of ether oxygens (including phenoxy) is 2. The normalized spacial score (nSPS) is 11.5. The van der Waals surface area contributed by atoms with E-state index in [2.05, 4.69) is 18.8 Å². The summed E-state index contributed by atoms with van der Waals surface area (Å²) >= 11 is 20.0. The van der Waals surface area contributed by atoms with Gasteiger partial charge in [-0.1, -0.05) is 60.9 Å². The van der Waals surface area contributed by atoms with E-state index in [0.29, 0.717) is 45.9 Å². The number of nitrogens with zero attached hydrogens (tertiary/aromatic N) is 1. The predicted molar refractivity (Wildman–Crippen MR) is 124 cm³/mol. The molecule has 8 heteroatoms. The van der Waals surface area contributed by atoms with Crippen molar-refractivity contribution >= 4 is 46.6 Å². The highest BCUT2D eigenvalue weighted by atomic mass is 35.5. The zero-order valence-corrected chi connectivity index (χ0v) is 20.0. The van der Waals surface area contributed by atoms with Crippen LogP contribution in [0, 0.1) is 0 Å². The largest absolute Gasteiger partial charge is 0.489 e. The van der Waals surface area contributed by atoms with Crippen LogP contribution in [-0.2, 0) is 12.0 Å². The minimum Gasteiger partial charge on any atom is -0.489 e. The number of benzene rings is 2. The topological polar surface area (TPSA) is 44.5 Å². The second kappa shape index (κ2) is 10.2. The molecule has 0 amide bonds. The van der Waals surface area contributed by atoms with Gasteiger partial charge in [0.05, 0.1) is 22.1 Å². The molecule has 3 rings (SSSR count). The number of hydrogen-bond acceptors (Lipinski definition) is 5. The molecule has 0 spiro atoms. The van der Waals surface area contributed by atoms with Crippen LogP contribution in [0.4, 0.5) is 0 Å². The van der Waals surface area contributed by atoms with Crippen molar-refractivity contribution in [3.05, 3.63) is 69.5 Å². The third-order valence-corrected chi connectivity index (χ3v) is 5.96. The molecule has 1 aromatic heterocycles. The molecule has 2 aromatic carbocycles. The minimum absolute atomic E-state index is 0.324. The van der Waals surface area contributed by atoms with Crippen LogP contribution in [0.2, 0.25) is 10.0 Å². The van der Waals surface area contributed by atoms with Crippen molar-refractivity contribution < 1.29 is 13.9 Å². The van der Waals surface area contributed by atoms with Crippen LogP contribution in [-0.4, -0.2) is 23.7 Å². The van der Waals surface area contributed by atoms with Gasteiger partial charge in [0.1, 0.15) is 19.0 Å². The SMILES string of the molecule is CSc1ncc(COc2ccc(C(C)(C)c3cc(Cl)c(OCCCl)c(Cl)c3)cc2)o1. The predicted octanol–water partition coefficient (Wildman–Crippen LogP) is 7.23. The Morgan fingerprint density at radius 2 is 1.70 bits per heavy atom. The average molecular weight is 487 g/mol. The zero-order valence-electron chi connectivity index (χ0n) is 16.9. The Hall–Kier alpha value is -1.53. The van der Waals surface area contributed by atoms with E-state index in [4.69, 9.17) is 48.7 Å². The number of thioether (sulfide) groups is 1. The van der Waals surface area contributed by atoms with Gasteiger partial charge in [-0.05, 0) is 41.6 Å². The molecule has 0 N–H and O–H groups in total. The van der Waals surface area contributed by atoms with Gasteiger partial charge in [0.2, 0.25) is 0 Å². The Balaban J connectivity index is 1.74. The summed E-state index contributed by atoms with van der Waals surface area (Å²) in [4.78, 5) is 4.14. The Kier molecular flexibility index (Phi) is 7.86. The lowest BCUT2D eigenvalue weighted by atomic mass is 9.78. The van der Waals surface area contributed by atoms with E-state index in [-0.39, 0.29) is 5.41 Å². The molecule has 30 heavy (non-hydrogen) atoms. The van der Waals surface area contributed by atoms with Crippen molar-refractivity contribution in [1.29, 1.82) is 0 Å². The van der Waals surface area contributed by atoms with Gasteiger partial charge in [0.25, 0.3) is 5.22 Å². The fourth-order valence-corrected chi connectivity index (χ4v) is 3.96. The summed E-state index contributed by atoms with van der Waals surface area (Å²) in [6, 6.07) is 11.7. The van der Waals surface area contributed by atoms with Gasteiger partial charge in [-0.15, -0.1) is 11.6 Å². The van der Waals surface area contributed by atoms with Gasteiger partial charge < -0.3 is 13.9 Å². The molecular formula is C22H22Cl3NO3S. The highest BCUT2D eigenvalue weighted by Crippen LogP contribution is 2.40. The van der Waals surface area contributed by atoms with Crippen molar-refractivity contribution in [3.63, 3.8) is 0 Å². The molecule has 0 saturated carbocycles. The first kappa shape index (κ1) is 23.1. The van der Waals surface area contributed by atoms with Crippen LogP contribution >= 0.6 is 46.6 Å². The third kappa shape index (κ3) is 5.38. The average Bonchev–Trinajstić information content (AvgIpc) is 3.20. The highest BCUT2D eigenvalue weighted by molar-refractivity contribution is 7.98. The highest BCUT2D eigenvalue weighted by Gasteiger charge is 2.25. The van der Waals surface area contributed by atoms with Gasteiger partial charge in [0.15, 0.2) is 11.5 Å². The molecule has 4 nitrogen and oxygen atoms in total. The Labute approximate surface area is 195 Å². The van der Waals surface area contributed by atoms with Crippen molar-refractivity contribution in [2.24, 2.45) is 0 Å². The molecule has 160 valence electrons. The summed E-state index contributed by atoms with van der Waals surface area (Å²) in [6.45, 7) is 4.90. The van der Waals surface area contributed by atoms with E-state index in [1.807, 2.05) is 42.7 Å². The lowest BCUT2D eigenvalue weighted by Crippen LogP contribution is -2.19. The molecule has 0 aliphatic rings. The number of rotatable bonds is 9. The minimum atomic E-state index is -0.324. The quantitative estimate of drug-likeness (QED) is 0.236.